The maximum Gasteiger partial charge on any atom is 0.243 e. The van der Waals surface area contributed by atoms with Gasteiger partial charge in [-0.2, -0.15) is 0 Å². The summed E-state index contributed by atoms with van der Waals surface area (Å²) in [5.41, 5.74) is 0. The van der Waals surface area contributed by atoms with Gasteiger partial charge in [-0.1, -0.05) is 6.58 Å². The Balaban J connectivity index is 3.33. The second-order valence-electron chi connectivity index (χ2n) is 3.06. The van der Waals surface area contributed by atoms with E-state index in [1.165, 1.54) is 6.08 Å². The number of nitrogens with one attached hydrogen (secondary N) is 2. The Labute approximate surface area is 80.8 Å². The number of amides is 1. The molecular weight excluding hydrogens is 164 g/mol. The van der Waals surface area contributed by atoms with Crippen LogP contribution in [0.3, 0.4) is 0 Å². The van der Waals surface area contributed by atoms with Crippen LogP contribution in [-0.2, 0) is 4.79 Å². The Bertz CT molecular complexity index is 153. The first kappa shape index (κ1) is 12.2. The summed E-state index contributed by atoms with van der Waals surface area (Å²) >= 11 is 0. The topological polar surface area (TPSA) is 33.5 Å². The van der Waals surface area contributed by atoms with E-state index >= 15 is 0 Å². The third kappa shape index (κ3) is 6.34. The molecule has 0 unspecified atom stereocenters. The van der Waals surface area contributed by atoms with Crippen molar-refractivity contribution in [3.63, 3.8) is 0 Å². The van der Waals surface area contributed by atoms with Gasteiger partial charge < -0.3 is 10.2 Å². The van der Waals surface area contributed by atoms with Gasteiger partial charge in [-0.15, -0.1) is 0 Å². The lowest BCUT2D eigenvalue weighted by molar-refractivity contribution is -0.896. The minimum atomic E-state index is -0.0745. The molecule has 0 spiro atoms. The molecule has 0 aliphatic rings. The van der Waals surface area contributed by atoms with Gasteiger partial charge in [-0.05, 0) is 19.9 Å². The second kappa shape index (κ2) is 7.80. The van der Waals surface area contributed by atoms with Crippen LogP contribution in [0.2, 0.25) is 0 Å². The van der Waals surface area contributed by atoms with Gasteiger partial charge in [0.25, 0.3) is 0 Å². The zero-order valence-electron chi connectivity index (χ0n) is 8.73. The molecule has 3 heteroatoms. The quantitative estimate of drug-likeness (QED) is 0.411. The third-order valence-electron chi connectivity index (χ3n) is 2.19. The fourth-order valence-electron chi connectivity index (χ4n) is 1.23. The molecule has 0 heterocycles. The summed E-state index contributed by atoms with van der Waals surface area (Å²) in [6.45, 7) is 12.0. The van der Waals surface area contributed by atoms with Crippen LogP contribution < -0.4 is 10.2 Å². The van der Waals surface area contributed by atoms with E-state index in [1.54, 1.807) is 4.90 Å². The van der Waals surface area contributed by atoms with Crippen molar-refractivity contribution in [1.29, 1.82) is 0 Å². The molecular formula is C10H21N2O+. The Morgan fingerprint density at radius 2 is 2.08 bits per heavy atom. The number of rotatable bonds is 7. The van der Waals surface area contributed by atoms with Crippen molar-refractivity contribution in [2.45, 2.75) is 20.3 Å². The molecule has 0 bridgehead atoms. The molecule has 0 saturated heterocycles. The summed E-state index contributed by atoms with van der Waals surface area (Å²) in [5.74, 6) is -0.0745. The van der Waals surface area contributed by atoms with Crippen molar-refractivity contribution < 1.29 is 9.69 Å². The van der Waals surface area contributed by atoms with Gasteiger partial charge in [-0.3, -0.25) is 4.79 Å². The summed E-state index contributed by atoms with van der Waals surface area (Å²) in [7, 11) is 0. The highest BCUT2D eigenvalue weighted by atomic mass is 16.1. The number of hydrogen-bond acceptors (Lipinski definition) is 1. The highest BCUT2D eigenvalue weighted by molar-refractivity contribution is 5.86. The van der Waals surface area contributed by atoms with Gasteiger partial charge >= 0.3 is 0 Å². The van der Waals surface area contributed by atoms with E-state index in [1.807, 2.05) is 0 Å². The molecule has 0 radical (unpaired) electrons. The molecule has 3 nitrogen and oxygen atoms in total. The number of carbonyl (C=O) groups is 1. The van der Waals surface area contributed by atoms with Gasteiger partial charge in [0.05, 0.1) is 19.6 Å². The van der Waals surface area contributed by atoms with E-state index < -0.39 is 0 Å². The molecule has 0 aromatic heterocycles. The average Bonchev–Trinajstić information content (AvgIpc) is 2.18. The monoisotopic (exact) mass is 185 g/mol. The van der Waals surface area contributed by atoms with Crippen LogP contribution in [0.5, 0.6) is 0 Å². The summed E-state index contributed by atoms with van der Waals surface area (Å²) in [6, 6.07) is 0. The zero-order chi connectivity index (χ0) is 10.1. The second-order valence-corrected chi connectivity index (χ2v) is 3.06. The molecule has 0 atom stereocenters. The van der Waals surface area contributed by atoms with E-state index in [4.69, 9.17) is 0 Å². The predicted octanol–water partition coefficient (Wildman–Crippen LogP) is -0.397. The molecule has 0 aromatic rings. The summed E-state index contributed by atoms with van der Waals surface area (Å²) < 4.78 is 0. The largest absolute Gasteiger partial charge is 0.352 e. The Morgan fingerprint density at radius 3 is 2.54 bits per heavy atom. The third-order valence-corrected chi connectivity index (χ3v) is 2.19. The summed E-state index contributed by atoms with van der Waals surface area (Å²) in [4.78, 5) is 12.3. The maximum absolute atomic E-state index is 10.8. The van der Waals surface area contributed by atoms with E-state index in [0.717, 1.165) is 32.6 Å². The Hall–Kier alpha value is -0.830. The first-order valence-electron chi connectivity index (χ1n) is 4.98. The van der Waals surface area contributed by atoms with Crippen molar-refractivity contribution in [1.82, 2.24) is 5.32 Å². The smallest absolute Gasteiger partial charge is 0.243 e. The lowest BCUT2D eigenvalue weighted by Crippen LogP contribution is -3.11. The molecule has 0 aromatic carbocycles. The van der Waals surface area contributed by atoms with Gasteiger partial charge in [0.15, 0.2) is 0 Å². The normalized spacial score (nSPS) is 10.1. The van der Waals surface area contributed by atoms with E-state index in [-0.39, 0.29) is 5.91 Å². The molecule has 0 fully saturated rings. The van der Waals surface area contributed by atoms with Crippen LogP contribution in [-0.4, -0.2) is 32.1 Å². The highest BCUT2D eigenvalue weighted by Crippen LogP contribution is 1.72. The molecule has 76 valence electrons. The standard InChI is InChI=1S/C10H20N2O/c1-4-10(13)11-8-7-9-12(5-2)6-3/h4H,1,5-9H2,2-3H3,(H,11,13)/p+1. The van der Waals surface area contributed by atoms with E-state index in [2.05, 4.69) is 25.7 Å². The summed E-state index contributed by atoms with van der Waals surface area (Å²) in [6.07, 6.45) is 2.35. The molecule has 0 aliphatic heterocycles. The van der Waals surface area contributed by atoms with Crippen molar-refractivity contribution in [3.8, 4) is 0 Å². The van der Waals surface area contributed by atoms with Gasteiger partial charge in [-0.25, -0.2) is 0 Å². The van der Waals surface area contributed by atoms with E-state index in [0.29, 0.717) is 0 Å². The Kier molecular flexibility index (Phi) is 7.30. The number of quaternary nitrogens is 1. The molecule has 1 amide bonds. The molecule has 13 heavy (non-hydrogen) atoms. The highest BCUT2D eigenvalue weighted by Gasteiger charge is 2.01. The van der Waals surface area contributed by atoms with Crippen LogP contribution in [0.1, 0.15) is 20.3 Å². The summed E-state index contributed by atoms with van der Waals surface area (Å²) in [5, 5.41) is 2.77. The molecule has 0 rings (SSSR count). The lowest BCUT2D eigenvalue weighted by Gasteiger charge is -2.14. The van der Waals surface area contributed by atoms with Crippen molar-refractivity contribution in [2.75, 3.05) is 26.2 Å². The fraction of sp³-hybridized carbons (Fsp3) is 0.700. The first-order valence-corrected chi connectivity index (χ1v) is 4.98. The van der Waals surface area contributed by atoms with Crippen molar-refractivity contribution >= 4 is 5.91 Å². The van der Waals surface area contributed by atoms with Gasteiger partial charge in [0, 0.05) is 13.0 Å². The zero-order valence-corrected chi connectivity index (χ0v) is 8.73. The van der Waals surface area contributed by atoms with Crippen LogP contribution in [0.4, 0.5) is 0 Å². The predicted molar refractivity (Wildman–Crippen MR) is 54.7 cm³/mol. The lowest BCUT2D eigenvalue weighted by atomic mass is 10.3. The van der Waals surface area contributed by atoms with Crippen LogP contribution >= 0.6 is 0 Å². The molecule has 0 aliphatic carbocycles. The minimum Gasteiger partial charge on any atom is -0.352 e. The SMILES string of the molecule is C=CC(=O)NCCC[NH+](CC)CC. The van der Waals surface area contributed by atoms with Gasteiger partial charge in [0.1, 0.15) is 0 Å². The maximum atomic E-state index is 10.8. The van der Waals surface area contributed by atoms with Crippen LogP contribution in [0, 0.1) is 0 Å². The molecule has 2 N–H and O–H groups in total. The first-order chi connectivity index (χ1) is 6.24. The van der Waals surface area contributed by atoms with Crippen LogP contribution in [0.25, 0.3) is 0 Å². The number of carbonyl (C=O) groups excluding carboxylic acids is 1. The van der Waals surface area contributed by atoms with Crippen LogP contribution in [0.15, 0.2) is 12.7 Å². The van der Waals surface area contributed by atoms with Crippen molar-refractivity contribution in [3.05, 3.63) is 12.7 Å². The van der Waals surface area contributed by atoms with E-state index in [9.17, 15) is 4.79 Å². The fourth-order valence-corrected chi connectivity index (χ4v) is 1.23. The number of hydrogen-bond donors (Lipinski definition) is 2. The van der Waals surface area contributed by atoms with Gasteiger partial charge in [0.2, 0.25) is 5.91 Å². The minimum absolute atomic E-state index is 0.0745. The molecule has 0 saturated carbocycles. The van der Waals surface area contributed by atoms with Crippen molar-refractivity contribution in [2.24, 2.45) is 0 Å². The Morgan fingerprint density at radius 1 is 1.46 bits per heavy atom. The average molecular weight is 185 g/mol.